The van der Waals surface area contributed by atoms with Crippen LogP contribution in [0.1, 0.15) is 33.4 Å². The summed E-state index contributed by atoms with van der Waals surface area (Å²) in [5.74, 6) is -1.07. The zero-order valence-electron chi connectivity index (χ0n) is 14.3. The second kappa shape index (κ2) is 8.20. The van der Waals surface area contributed by atoms with Gasteiger partial charge < -0.3 is 5.32 Å². The van der Waals surface area contributed by atoms with Crippen LogP contribution in [0.15, 0.2) is 48.5 Å². The van der Waals surface area contributed by atoms with Gasteiger partial charge in [0.25, 0.3) is 11.8 Å². The number of hydrogen-bond donors (Lipinski definition) is 3. The summed E-state index contributed by atoms with van der Waals surface area (Å²) in [5, 5.41) is 3.85. The Balaban J connectivity index is 1.63. The Labute approximate surface area is 164 Å². The maximum Gasteiger partial charge on any atom is 0.281 e. The Morgan fingerprint density at radius 2 is 1.63 bits per heavy atom. The SMILES string of the molecule is CCC(=O)Nc1ccc(C(=O)NNC(=O)c2sc3ccccc3c2Cl)cc1. The van der Waals surface area contributed by atoms with Gasteiger partial charge in [0.15, 0.2) is 0 Å². The van der Waals surface area contributed by atoms with E-state index in [0.29, 0.717) is 27.6 Å². The highest BCUT2D eigenvalue weighted by atomic mass is 35.5. The fourth-order valence-corrected chi connectivity index (χ4v) is 3.77. The molecule has 3 amide bonds. The summed E-state index contributed by atoms with van der Waals surface area (Å²) < 4.78 is 0.892. The van der Waals surface area contributed by atoms with Crippen LogP contribution >= 0.6 is 22.9 Å². The van der Waals surface area contributed by atoms with Gasteiger partial charge in [0.05, 0.1) is 5.02 Å². The molecular weight excluding hydrogens is 386 g/mol. The molecule has 0 aliphatic heterocycles. The number of benzene rings is 2. The summed E-state index contributed by atoms with van der Waals surface area (Å²) in [6.07, 6.45) is 0.370. The summed E-state index contributed by atoms with van der Waals surface area (Å²) in [6.45, 7) is 1.75. The average Bonchev–Trinajstić information content (AvgIpc) is 3.03. The third-order valence-corrected chi connectivity index (χ3v) is 5.46. The Bertz CT molecular complexity index is 1010. The number of rotatable bonds is 4. The number of thiophene rings is 1. The lowest BCUT2D eigenvalue weighted by atomic mass is 10.2. The summed E-state index contributed by atoms with van der Waals surface area (Å²) in [7, 11) is 0. The number of carbonyl (C=O) groups excluding carboxylic acids is 3. The van der Waals surface area contributed by atoms with Crippen LogP contribution in [0.3, 0.4) is 0 Å². The number of nitrogens with one attached hydrogen (secondary N) is 3. The van der Waals surface area contributed by atoms with Crippen LogP contribution in [0.25, 0.3) is 10.1 Å². The van der Waals surface area contributed by atoms with E-state index < -0.39 is 11.8 Å². The summed E-state index contributed by atoms with van der Waals surface area (Å²) in [4.78, 5) is 36.2. The van der Waals surface area contributed by atoms with E-state index >= 15 is 0 Å². The maximum atomic E-state index is 12.3. The molecular formula is C19H16ClN3O3S. The predicted molar refractivity (Wildman–Crippen MR) is 107 cm³/mol. The van der Waals surface area contributed by atoms with Crippen molar-refractivity contribution in [1.82, 2.24) is 10.9 Å². The van der Waals surface area contributed by atoms with Crippen LogP contribution < -0.4 is 16.2 Å². The highest BCUT2D eigenvalue weighted by Gasteiger charge is 2.17. The Morgan fingerprint density at radius 1 is 0.963 bits per heavy atom. The summed E-state index contributed by atoms with van der Waals surface area (Å²) >= 11 is 7.51. The van der Waals surface area contributed by atoms with Gasteiger partial charge in [-0.05, 0) is 30.3 Å². The molecule has 0 fully saturated rings. The first kappa shape index (κ1) is 18.9. The summed E-state index contributed by atoms with van der Waals surface area (Å²) in [6, 6.07) is 13.8. The molecule has 0 bridgehead atoms. The van der Waals surface area contributed by atoms with Gasteiger partial charge in [0.2, 0.25) is 5.91 Å². The Kier molecular flexibility index (Phi) is 5.73. The van der Waals surface area contributed by atoms with Crippen molar-refractivity contribution in [3.8, 4) is 0 Å². The van der Waals surface area contributed by atoms with E-state index in [-0.39, 0.29) is 5.91 Å². The van der Waals surface area contributed by atoms with Gasteiger partial charge in [0.1, 0.15) is 4.88 Å². The molecule has 6 nitrogen and oxygen atoms in total. The number of carbonyl (C=O) groups is 3. The first-order chi connectivity index (χ1) is 13.0. The molecule has 3 N–H and O–H groups in total. The van der Waals surface area contributed by atoms with Crippen molar-refractivity contribution in [3.63, 3.8) is 0 Å². The van der Waals surface area contributed by atoms with Crippen LogP contribution in [-0.2, 0) is 4.79 Å². The zero-order chi connectivity index (χ0) is 19.4. The minimum absolute atomic E-state index is 0.111. The number of halogens is 1. The van der Waals surface area contributed by atoms with Crippen molar-refractivity contribution in [2.24, 2.45) is 0 Å². The number of amides is 3. The van der Waals surface area contributed by atoms with Crippen molar-refractivity contribution >= 4 is 56.4 Å². The first-order valence-electron chi connectivity index (χ1n) is 8.17. The van der Waals surface area contributed by atoms with Crippen molar-refractivity contribution in [2.75, 3.05) is 5.32 Å². The molecule has 8 heteroatoms. The lowest BCUT2D eigenvalue weighted by molar-refractivity contribution is -0.115. The molecule has 0 atom stereocenters. The fraction of sp³-hybridized carbons (Fsp3) is 0.105. The molecule has 0 aliphatic rings. The molecule has 1 heterocycles. The van der Waals surface area contributed by atoms with E-state index in [1.165, 1.54) is 11.3 Å². The third kappa shape index (κ3) is 4.27. The van der Waals surface area contributed by atoms with E-state index in [0.717, 1.165) is 10.1 Å². The molecule has 0 saturated heterocycles. The quantitative estimate of drug-likeness (QED) is 0.578. The minimum Gasteiger partial charge on any atom is -0.326 e. The molecule has 0 unspecified atom stereocenters. The molecule has 3 aromatic rings. The number of anilines is 1. The largest absolute Gasteiger partial charge is 0.326 e. The van der Waals surface area contributed by atoms with E-state index in [2.05, 4.69) is 16.2 Å². The van der Waals surface area contributed by atoms with Crippen LogP contribution in [0.4, 0.5) is 5.69 Å². The molecule has 0 aliphatic carbocycles. The Morgan fingerprint density at radius 3 is 2.30 bits per heavy atom. The van der Waals surface area contributed by atoms with Gasteiger partial charge in [-0.3, -0.25) is 25.2 Å². The molecule has 3 rings (SSSR count). The van der Waals surface area contributed by atoms with Crippen LogP contribution in [0, 0.1) is 0 Å². The van der Waals surface area contributed by atoms with Gasteiger partial charge >= 0.3 is 0 Å². The molecule has 1 aromatic heterocycles. The molecule has 0 spiro atoms. The van der Waals surface area contributed by atoms with Crippen molar-refractivity contribution in [1.29, 1.82) is 0 Å². The molecule has 27 heavy (non-hydrogen) atoms. The van der Waals surface area contributed by atoms with E-state index in [1.807, 2.05) is 24.3 Å². The minimum atomic E-state index is -0.485. The lowest BCUT2D eigenvalue weighted by Gasteiger charge is -2.08. The highest BCUT2D eigenvalue weighted by molar-refractivity contribution is 7.21. The van der Waals surface area contributed by atoms with Crippen LogP contribution in [-0.4, -0.2) is 17.7 Å². The van der Waals surface area contributed by atoms with E-state index in [9.17, 15) is 14.4 Å². The summed E-state index contributed by atoms with van der Waals surface area (Å²) in [5.41, 5.74) is 5.67. The molecule has 0 radical (unpaired) electrons. The van der Waals surface area contributed by atoms with Crippen LogP contribution in [0.2, 0.25) is 5.02 Å². The number of fused-ring (bicyclic) bond motifs is 1. The number of hydrazine groups is 1. The van der Waals surface area contributed by atoms with Gasteiger partial charge in [-0.1, -0.05) is 36.7 Å². The van der Waals surface area contributed by atoms with E-state index in [1.54, 1.807) is 31.2 Å². The van der Waals surface area contributed by atoms with Crippen LogP contribution in [0.5, 0.6) is 0 Å². The monoisotopic (exact) mass is 401 g/mol. The van der Waals surface area contributed by atoms with Gasteiger partial charge in [0, 0.05) is 27.8 Å². The Hall–Kier alpha value is -2.90. The van der Waals surface area contributed by atoms with Crippen molar-refractivity contribution < 1.29 is 14.4 Å². The van der Waals surface area contributed by atoms with Gasteiger partial charge in [-0.2, -0.15) is 0 Å². The fourth-order valence-electron chi connectivity index (χ4n) is 2.36. The van der Waals surface area contributed by atoms with Crippen molar-refractivity contribution in [2.45, 2.75) is 13.3 Å². The second-order valence-electron chi connectivity index (χ2n) is 5.63. The normalized spacial score (nSPS) is 10.4. The average molecular weight is 402 g/mol. The topological polar surface area (TPSA) is 87.3 Å². The molecule has 0 saturated carbocycles. The first-order valence-corrected chi connectivity index (χ1v) is 9.36. The maximum absolute atomic E-state index is 12.3. The predicted octanol–water partition coefficient (Wildman–Crippen LogP) is 3.98. The second-order valence-corrected chi connectivity index (χ2v) is 7.06. The smallest absolute Gasteiger partial charge is 0.281 e. The van der Waals surface area contributed by atoms with Crippen molar-refractivity contribution in [3.05, 3.63) is 64.0 Å². The van der Waals surface area contributed by atoms with E-state index in [4.69, 9.17) is 11.6 Å². The number of hydrogen-bond acceptors (Lipinski definition) is 4. The zero-order valence-corrected chi connectivity index (χ0v) is 15.9. The highest BCUT2D eigenvalue weighted by Crippen LogP contribution is 2.34. The standard InChI is InChI=1S/C19H16ClN3O3S/c1-2-15(24)21-12-9-7-11(8-10-12)18(25)22-23-19(26)17-16(20)13-5-3-4-6-14(13)27-17/h3-10H,2H2,1H3,(H,21,24)(H,22,25)(H,23,26). The third-order valence-electron chi connectivity index (χ3n) is 3.78. The van der Waals surface area contributed by atoms with Gasteiger partial charge in [-0.15, -0.1) is 11.3 Å². The van der Waals surface area contributed by atoms with Gasteiger partial charge in [-0.25, -0.2) is 0 Å². The molecule has 2 aromatic carbocycles. The lowest BCUT2D eigenvalue weighted by Crippen LogP contribution is -2.41. The molecule has 138 valence electrons.